The van der Waals surface area contributed by atoms with Gasteiger partial charge in [-0.1, -0.05) is 42.5 Å². The summed E-state index contributed by atoms with van der Waals surface area (Å²) in [5.41, 5.74) is 8.04. The normalized spacial score (nSPS) is 12.2. The predicted octanol–water partition coefficient (Wildman–Crippen LogP) is 2.13. The van der Waals surface area contributed by atoms with E-state index in [1.807, 2.05) is 42.5 Å². The lowest BCUT2D eigenvalue weighted by Gasteiger charge is -2.15. The summed E-state index contributed by atoms with van der Waals surface area (Å²) in [7, 11) is 0. The largest absolute Gasteiger partial charge is 0.399 e. The Bertz CT molecular complexity index is 606. The first-order valence-corrected chi connectivity index (χ1v) is 6.69. The molecule has 4 nitrogen and oxygen atoms in total. The van der Waals surface area contributed by atoms with Crippen LogP contribution in [-0.2, 0) is 4.79 Å². The molecular formula is C17H18N2O2. The van der Waals surface area contributed by atoms with Gasteiger partial charge in [-0.15, -0.1) is 0 Å². The lowest BCUT2D eigenvalue weighted by molar-refractivity contribution is -0.117. The predicted molar refractivity (Wildman–Crippen MR) is 84.3 cm³/mol. The second kappa shape index (κ2) is 7.26. The Labute approximate surface area is 123 Å². The van der Waals surface area contributed by atoms with E-state index in [1.54, 1.807) is 18.2 Å². The van der Waals surface area contributed by atoms with Crippen LogP contribution in [0.3, 0.4) is 0 Å². The van der Waals surface area contributed by atoms with Gasteiger partial charge in [0.1, 0.15) is 0 Å². The number of rotatable bonds is 5. The van der Waals surface area contributed by atoms with Gasteiger partial charge < -0.3 is 16.2 Å². The van der Waals surface area contributed by atoms with Crippen molar-refractivity contribution in [1.29, 1.82) is 0 Å². The number of carbonyl (C=O) groups is 1. The summed E-state index contributed by atoms with van der Waals surface area (Å²) in [6.45, 7) is -0.147. The topological polar surface area (TPSA) is 75.4 Å². The molecule has 0 unspecified atom stereocenters. The fraction of sp³-hybridized carbons (Fsp3) is 0.118. The second-order valence-corrected chi connectivity index (χ2v) is 4.65. The number of amides is 1. The number of nitrogen functional groups attached to an aromatic ring is 1. The van der Waals surface area contributed by atoms with Gasteiger partial charge in [0.2, 0.25) is 5.91 Å². The zero-order chi connectivity index (χ0) is 15.1. The molecule has 0 bridgehead atoms. The fourth-order valence-electron chi connectivity index (χ4n) is 1.92. The molecule has 0 aromatic heterocycles. The van der Waals surface area contributed by atoms with Crippen LogP contribution in [0.15, 0.2) is 60.7 Å². The van der Waals surface area contributed by atoms with Crippen molar-refractivity contribution in [3.63, 3.8) is 0 Å². The van der Waals surface area contributed by atoms with E-state index < -0.39 is 6.04 Å². The molecule has 0 spiro atoms. The lowest BCUT2D eigenvalue weighted by Crippen LogP contribution is -2.29. The molecule has 1 amide bonds. The smallest absolute Gasteiger partial charge is 0.244 e. The number of nitrogens with one attached hydrogen (secondary N) is 1. The van der Waals surface area contributed by atoms with Crippen LogP contribution in [0.4, 0.5) is 5.69 Å². The molecule has 0 aliphatic heterocycles. The number of benzene rings is 2. The van der Waals surface area contributed by atoms with Crippen LogP contribution in [-0.4, -0.2) is 17.6 Å². The standard InChI is InChI=1S/C17H18N2O2/c18-15-9-6-13(7-10-15)8-11-17(21)19-16(12-20)14-4-2-1-3-5-14/h1-11,16,20H,12,18H2,(H,19,21)/b11-8+/t16-/m1/s1. The average Bonchev–Trinajstić information content (AvgIpc) is 2.53. The number of nitrogens with two attached hydrogens (primary N) is 1. The van der Waals surface area contributed by atoms with Crippen LogP contribution in [0.5, 0.6) is 0 Å². The molecule has 4 heteroatoms. The van der Waals surface area contributed by atoms with Gasteiger partial charge >= 0.3 is 0 Å². The van der Waals surface area contributed by atoms with E-state index in [2.05, 4.69) is 5.32 Å². The zero-order valence-electron chi connectivity index (χ0n) is 11.6. The Morgan fingerprint density at radius 2 is 1.81 bits per heavy atom. The van der Waals surface area contributed by atoms with Gasteiger partial charge in [-0.25, -0.2) is 0 Å². The van der Waals surface area contributed by atoms with E-state index in [0.29, 0.717) is 5.69 Å². The van der Waals surface area contributed by atoms with Crippen molar-refractivity contribution in [3.05, 3.63) is 71.8 Å². The van der Waals surface area contributed by atoms with Crippen molar-refractivity contribution in [1.82, 2.24) is 5.32 Å². The summed E-state index contributed by atoms with van der Waals surface area (Å²) in [6.07, 6.45) is 3.14. The Morgan fingerprint density at radius 1 is 1.14 bits per heavy atom. The molecule has 0 fully saturated rings. The minimum absolute atomic E-state index is 0.147. The molecule has 2 rings (SSSR count). The van der Waals surface area contributed by atoms with Crippen LogP contribution < -0.4 is 11.1 Å². The third-order valence-electron chi connectivity index (χ3n) is 3.06. The third-order valence-corrected chi connectivity index (χ3v) is 3.06. The molecule has 0 saturated carbocycles. The lowest BCUT2D eigenvalue weighted by atomic mass is 10.1. The molecule has 0 heterocycles. The summed E-state index contributed by atoms with van der Waals surface area (Å²) in [6, 6.07) is 16.2. The Kier molecular flexibility index (Phi) is 5.12. The Hall–Kier alpha value is -2.59. The summed E-state index contributed by atoms with van der Waals surface area (Å²) < 4.78 is 0. The van der Waals surface area contributed by atoms with Crippen LogP contribution in [0.2, 0.25) is 0 Å². The molecule has 0 saturated heterocycles. The molecule has 21 heavy (non-hydrogen) atoms. The molecule has 0 radical (unpaired) electrons. The molecule has 4 N–H and O–H groups in total. The Balaban J connectivity index is 1.98. The monoisotopic (exact) mass is 282 g/mol. The van der Waals surface area contributed by atoms with Crippen molar-refractivity contribution in [2.45, 2.75) is 6.04 Å². The van der Waals surface area contributed by atoms with Crippen LogP contribution in [0.25, 0.3) is 6.08 Å². The van der Waals surface area contributed by atoms with Crippen LogP contribution in [0.1, 0.15) is 17.2 Å². The van der Waals surface area contributed by atoms with E-state index >= 15 is 0 Å². The van der Waals surface area contributed by atoms with Crippen molar-refractivity contribution in [2.75, 3.05) is 12.3 Å². The zero-order valence-corrected chi connectivity index (χ0v) is 11.6. The summed E-state index contributed by atoms with van der Waals surface area (Å²) in [5.74, 6) is -0.255. The number of hydrogen-bond donors (Lipinski definition) is 3. The maximum atomic E-state index is 11.9. The average molecular weight is 282 g/mol. The van der Waals surface area contributed by atoms with Crippen LogP contribution >= 0.6 is 0 Å². The molecule has 0 aliphatic carbocycles. The summed E-state index contributed by atoms with van der Waals surface area (Å²) >= 11 is 0. The van der Waals surface area contributed by atoms with E-state index in [9.17, 15) is 9.90 Å². The quantitative estimate of drug-likeness (QED) is 0.581. The fourth-order valence-corrected chi connectivity index (χ4v) is 1.92. The van der Waals surface area contributed by atoms with E-state index in [1.165, 1.54) is 6.08 Å². The van der Waals surface area contributed by atoms with E-state index in [4.69, 9.17) is 5.73 Å². The van der Waals surface area contributed by atoms with Gasteiger partial charge in [0, 0.05) is 11.8 Å². The third kappa shape index (κ3) is 4.47. The summed E-state index contributed by atoms with van der Waals surface area (Å²) in [4.78, 5) is 11.9. The van der Waals surface area contributed by atoms with Gasteiger partial charge in [0.15, 0.2) is 0 Å². The van der Waals surface area contributed by atoms with E-state index in [-0.39, 0.29) is 12.5 Å². The highest BCUT2D eigenvalue weighted by Crippen LogP contribution is 2.12. The molecule has 2 aromatic carbocycles. The van der Waals surface area contributed by atoms with Crippen molar-refractivity contribution >= 4 is 17.7 Å². The van der Waals surface area contributed by atoms with Gasteiger partial charge in [0.25, 0.3) is 0 Å². The first kappa shape index (κ1) is 14.8. The highest BCUT2D eigenvalue weighted by atomic mass is 16.3. The molecule has 0 aliphatic rings. The SMILES string of the molecule is Nc1ccc(/C=C/C(=O)N[C@H](CO)c2ccccc2)cc1. The van der Waals surface area contributed by atoms with Crippen molar-refractivity contribution in [3.8, 4) is 0 Å². The van der Waals surface area contributed by atoms with Gasteiger partial charge in [-0.3, -0.25) is 4.79 Å². The second-order valence-electron chi connectivity index (χ2n) is 4.65. The van der Waals surface area contributed by atoms with Gasteiger partial charge in [-0.2, -0.15) is 0 Å². The number of hydrogen-bond acceptors (Lipinski definition) is 3. The number of carbonyl (C=O) groups excluding carboxylic acids is 1. The number of aliphatic hydroxyl groups excluding tert-OH is 1. The van der Waals surface area contributed by atoms with Crippen LogP contribution in [0, 0.1) is 0 Å². The molecule has 108 valence electrons. The summed E-state index contributed by atoms with van der Waals surface area (Å²) in [5, 5.41) is 12.2. The first-order chi connectivity index (χ1) is 10.2. The van der Waals surface area contributed by atoms with Crippen molar-refractivity contribution in [2.24, 2.45) is 0 Å². The molecule has 2 aromatic rings. The minimum Gasteiger partial charge on any atom is -0.399 e. The van der Waals surface area contributed by atoms with Gasteiger partial charge in [0.05, 0.1) is 12.6 Å². The Morgan fingerprint density at radius 3 is 2.43 bits per heavy atom. The minimum atomic E-state index is -0.408. The van der Waals surface area contributed by atoms with E-state index in [0.717, 1.165) is 11.1 Å². The number of anilines is 1. The maximum Gasteiger partial charge on any atom is 0.244 e. The van der Waals surface area contributed by atoms with Gasteiger partial charge in [-0.05, 0) is 29.3 Å². The number of aliphatic hydroxyl groups is 1. The highest BCUT2D eigenvalue weighted by molar-refractivity contribution is 5.92. The molecule has 1 atom stereocenters. The van der Waals surface area contributed by atoms with Crippen molar-refractivity contribution < 1.29 is 9.90 Å². The maximum absolute atomic E-state index is 11.9. The first-order valence-electron chi connectivity index (χ1n) is 6.69. The highest BCUT2D eigenvalue weighted by Gasteiger charge is 2.11. The molecular weight excluding hydrogens is 264 g/mol.